The maximum atomic E-state index is 12.2. The molecule has 1 aliphatic carbocycles. The first kappa shape index (κ1) is 14.0. The van der Waals surface area contributed by atoms with Crippen molar-refractivity contribution in [2.45, 2.75) is 12.8 Å². The lowest BCUT2D eigenvalue weighted by Gasteiger charge is -2.23. The Morgan fingerprint density at radius 3 is 2.40 bits per heavy atom. The number of primary amides is 1. The highest BCUT2D eigenvalue weighted by Gasteiger charge is 2.28. The van der Waals surface area contributed by atoms with E-state index < -0.39 is 5.91 Å². The van der Waals surface area contributed by atoms with E-state index in [-0.39, 0.29) is 17.7 Å². The largest absolute Gasteiger partial charge is 0.366 e. The molecule has 3 N–H and O–H groups in total. The molecule has 1 aliphatic rings. The van der Waals surface area contributed by atoms with E-state index in [9.17, 15) is 14.4 Å². The van der Waals surface area contributed by atoms with Crippen molar-refractivity contribution < 1.29 is 14.4 Å². The first-order valence-electron chi connectivity index (χ1n) is 6.43. The highest BCUT2D eigenvalue weighted by molar-refractivity contribution is 5.96. The van der Waals surface area contributed by atoms with Crippen molar-refractivity contribution in [1.82, 2.24) is 0 Å². The number of nitrogens with two attached hydrogens (primary N) is 1. The molecule has 0 saturated heterocycles. The number of hydrogen-bond acceptors (Lipinski definition) is 3. The SMILES string of the molecule is NC(=O)c1ccc(NC(=O)[C@@H]2CC=CC[C@@H]2C=O)cc1. The summed E-state index contributed by atoms with van der Waals surface area (Å²) in [5, 5.41) is 2.76. The van der Waals surface area contributed by atoms with Crippen LogP contribution in [0.5, 0.6) is 0 Å². The third-order valence-electron chi connectivity index (χ3n) is 3.43. The second-order valence-corrected chi connectivity index (χ2v) is 4.78. The Kier molecular flexibility index (Phi) is 4.30. The minimum absolute atomic E-state index is 0.182. The van der Waals surface area contributed by atoms with Crippen LogP contribution in [0.25, 0.3) is 0 Å². The summed E-state index contributed by atoms with van der Waals surface area (Å²) in [6, 6.07) is 6.34. The number of benzene rings is 1. The second-order valence-electron chi connectivity index (χ2n) is 4.78. The Labute approximate surface area is 116 Å². The van der Waals surface area contributed by atoms with Crippen molar-refractivity contribution in [3.8, 4) is 0 Å². The van der Waals surface area contributed by atoms with Gasteiger partial charge < -0.3 is 15.8 Å². The molecule has 1 aromatic rings. The number of carbonyl (C=O) groups excluding carboxylic acids is 3. The second kappa shape index (κ2) is 6.14. The van der Waals surface area contributed by atoms with Crippen LogP contribution < -0.4 is 11.1 Å². The van der Waals surface area contributed by atoms with Gasteiger partial charge in [0.1, 0.15) is 6.29 Å². The van der Waals surface area contributed by atoms with Gasteiger partial charge >= 0.3 is 0 Å². The average Bonchev–Trinajstić information content (AvgIpc) is 2.47. The molecular weight excluding hydrogens is 256 g/mol. The quantitative estimate of drug-likeness (QED) is 0.643. The van der Waals surface area contributed by atoms with Crippen molar-refractivity contribution in [2.75, 3.05) is 5.32 Å². The Balaban J connectivity index is 2.05. The van der Waals surface area contributed by atoms with Crippen molar-refractivity contribution in [2.24, 2.45) is 17.6 Å². The molecule has 0 spiro atoms. The molecule has 0 radical (unpaired) electrons. The number of rotatable bonds is 4. The van der Waals surface area contributed by atoms with Crippen LogP contribution in [0.2, 0.25) is 0 Å². The molecule has 5 nitrogen and oxygen atoms in total. The lowest BCUT2D eigenvalue weighted by Crippen LogP contribution is -2.31. The topological polar surface area (TPSA) is 89.3 Å². The lowest BCUT2D eigenvalue weighted by atomic mass is 9.83. The van der Waals surface area contributed by atoms with Gasteiger partial charge in [-0.25, -0.2) is 0 Å². The number of aldehydes is 1. The van der Waals surface area contributed by atoms with E-state index in [1.54, 1.807) is 24.3 Å². The van der Waals surface area contributed by atoms with Gasteiger partial charge in [0, 0.05) is 17.2 Å². The minimum atomic E-state index is -0.513. The summed E-state index contributed by atoms with van der Waals surface area (Å²) in [4.78, 5) is 34.1. The Morgan fingerprint density at radius 2 is 1.80 bits per heavy atom. The molecule has 2 atom stereocenters. The maximum Gasteiger partial charge on any atom is 0.248 e. The summed E-state index contributed by atoms with van der Waals surface area (Å²) in [6.45, 7) is 0. The lowest BCUT2D eigenvalue weighted by molar-refractivity contribution is -0.125. The van der Waals surface area contributed by atoms with Crippen molar-refractivity contribution in [3.63, 3.8) is 0 Å². The van der Waals surface area contributed by atoms with Gasteiger partial charge in [-0.05, 0) is 37.1 Å². The zero-order valence-electron chi connectivity index (χ0n) is 10.9. The van der Waals surface area contributed by atoms with Crippen LogP contribution in [0.3, 0.4) is 0 Å². The number of carbonyl (C=O) groups is 3. The van der Waals surface area contributed by atoms with Crippen LogP contribution in [0, 0.1) is 11.8 Å². The van der Waals surface area contributed by atoms with Gasteiger partial charge in [0.05, 0.1) is 5.92 Å². The van der Waals surface area contributed by atoms with Crippen LogP contribution in [-0.4, -0.2) is 18.1 Å². The summed E-state index contributed by atoms with van der Waals surface area (Å²) < 4.78 is 0. The number of allylic oxidation sites excluding steroid dienone is 2. The molecule has 0 aliphatic heterocycles. The normalized spacial score (nSPS) is 21.2. The van der Waals surface area contributed by atoms with Crippen LogP contribution in [0.1, 0.15) is 23.2 Å². The summed E-state index contributed by atoms with van der Waals surface area (Å²) in [7, 11) is 0. The molecule has 0 unspecified atom stereocenters. The van der Waals surface area contributed by atoms with E-state index in [1.165, 1.54) is 0 Å². The molecular formula is C15H16N2O3. The first-order chi connectivity index (χ1) is 9.61. The molecule has 2 amide bonds. The average molecular weight is 272 g/mol. The minimum Gasteiger partial charge on any atom is -0.366 e. The van der Waals surface area contributed by atoms with E-state index in [1.807, 2.05) is 12.2 Å². The summed E-state index contributed by atoms with van der Waals surface area (Å²) in [6.07, 6.45) is 5.84. The first-order valence-corrected chi connectivity index (χ1v) is 6.43. The summed E-state index contributed by atoms with van der Waals surface area (Å²) in [5.74, 6) is -1.31. The fourth-order valence-electron chi connectivity index (χ4n) is 2.24. The van der Waals surface area contributed by atoms with Gasteiger partial charge in [0.25, 0.3) is 0 Å². The number of anilines is 1. The van der Waals surface area contributed by atoms with Gasteiger partial charge in [0.2, 0.25) is 11.8 Å². The van der Waals surface area contributed by atoms with Gasteiger partial charge in [-0.15, -0.1) is 0 Å². The highest BCUT2D eigenvalue weighted by atomic mass is 16.2. The van der Waals surface area contributed by atoms with E-state index in [0.29, 0.717) is 24.1 Å². The van der Waals surface area contributed by atoms with Gasteiger partial charge in [-0.3, -0.25) is 9.59 Å². The predicted octanol–water partition coefficient (Wildman–Crippen LogP) is 1.51. The Hall–Kier alpha value is -2.43. The van der Waals surface area contributed by atoms with E-state index in [4.69, 9.17) is 5.73 Å². The van der Waals surface area contributed by atoms with Crippen molar-refractivity contribution in [3.05, 3.63) is 42.0 Å². The third kappa shape index (κ3) is 3.12. The predicted molar refractivity (Wildman–Crippen MR) is 75.0 cm³/mol. The van der Waals surface area contributed by atoms with E-state index in [0.717, 1.165) is 6.29 Å². The van der Waals surface area contributed by atoms with Gasteiger partial charge in [0.15, 0.2) is 0 Å². The standard InChI is InChI=1S/C15H16N2O3/c16-14(19)10-5-7-12(8-6-10)17-15(20)13-4-2-1-3-11(13)9-18/h1-2,5-9,11,13H,3-4H2,(H2,16,19)(H,17,20)/t11-,13-/m1/s1. The molecule has 1 aromatic carbocycles. The van der Waals surface area contributed by atoms with Crippen molar-refractivity contribution >= 4 is 23.8 Å². The molecule has 104 valence electrons. The molecule has 0 heterocycles. The van der Waals surface area contributed by atoms with Crippen molar-refractivity contribution in [1.29, 1.82) is 0 Å². The zero-order valence-corrected chi connectivity index (χ0v) is 10.9. The fourth-order valence-corrected chi connectivity index (χ4v) is 2.24. The fraction of sp³-hybridized carbons (Fsp3) is 0.267. The summed E-state index contributed by atoms with van der Waals surface area (Å²) in [5.41, 5.74) is 6.11. The zero-order chi connectivity index (χ0) is 14.5. The number of hydrogen-bond donors (Lipinski definition) is 2. The Morgan fingerprint density at radius 1 is 1.15 bits per heavy atom. The van der Waals surface area contributed by atoms with Crippen LogP contribution >= 0.6 is 0 Å². The van der Waals surface area contributed by atoms with Crippen LogP contribution in [0.15, 0.2) is 36.4 Å². The van der Waals surface area contributed by atoms with Gasteiger partial charge in [-0.1, -0.05) is 12.2 Å². The molecule has 0 aromatic heterocycles. The van der Waals surface area contributed by atoms with Gasteiger partial charge in [-0.2, -0.15) is 0 Å². The molecule has 0 saturated carbocycles. The maximum absolute atomic E-state index is 12.2. The molecule has 5 heteroatoms. The number of amides is 2. The molecule has 0 fully saturated rings. The Bertz CT molecular complexity index is 549. The molecule has 2 rings (SSSR count). The monoisotopic (exact) mass is 272 g/mol. The molecule has 0 bridgehead atoms. The van der Waals surface area contributed by atoms with Crippen LogP contribution in [-0.2, 0) is 9.59 Å². The van der Waals surface area contributed by atoms with E-state index in [2.05, 4.69) is 5.32 Å². The smallest absolute Gasteiger partial charge is 0.248 e. The van der Waals surface area contributed by atoms with Crippen LogP contribution in [0.4, 0.5) is 5.69 Å². The summed E-state index contributed by atoms with van der Waals surface area (Å²) >= 11 is 0. The third-order valence-corrected chi connectivity index (χ3v) is 3.43. The molecule has 20 heavy (non-hydrogen) atoms. The van der Waals surface area contributed by atoms with E-state index >= 15 is 0 Å². The number of nitrogens with one attached hydrogen (secondary N) is 1. The highest BCUT2D eigenvalue weighted by Crippen LogP contribution is 2.25.